The summed E-state index contributed by atoms with van der Waals surface area (Å²) in [7, 11) is 0. The number of rotatable bonds is 7. The third-order valence-corrected chi connectivity index (χ3v) is 6.41. The number of allylic oxidation sites excluding steroid dienone is 1. The molecule has 2 aromatic rings. The third-order valence-electron chi connectivity index (χ3n) is 6.41. The van der Waals surface area contributed by atoms with E-state index in [-0.39, 0.29) is 18.1 Å². The molecule has 0 spiro atoms. The van der Waals surface area contributed by atoms with Gasteiger partial charge in [0.25, 0.3) is 0 Å². The lowest BCUT2D eigenvalue weighted by Crippen LogP contribution is -2.14. The molecule has 0 bridgehead atoms. The van der Waals surface area contributed by atoms with Gasteiger partial charge in [-0.2, -0.15) is 13.2 Å². The van der Waals surface area contributed by atoms with E-state index >= 15 is 0 Å². The number of hydrogen-bond acceptors (Lipinski definition) is 0. The fourth-order valence-electron chi connectivity index (χ4n) is 4.64. The van der Waals surface area contributed by atoms with E-state index < -0.39 is 46.1 Å². The van der Waals surface area contributed by atoms with Crippen molar-refractivity contribution in [2.75, 3.05) is 0 Å². The monoisotopic (exact) mass is 472 g/mol. The predicted molar refractivity (Wildman–Crippen MR) is 116 cm³/mol. The second-order valence-electron chi connectivity index (χ2n) is 8.80. The first-order valence-electron chi connectivity index (χ1n) is 11.3. The second-order valence-corrected chi connectivity index (χ2v) is 8.80. The van der Waals surface area contributed by atoms with Gasteiger partial charge >= 0.3 is 6.18 Å². The Hall–Kier alpha value is -2.31. The van der Waals surface area contributed by atoms with Gasteiger partial charge in [0.1, 0.15) is 23.3 Å². The van der Waals surface area contributed by atoms with Crippen LogP contribution in [-0.4, -0.2) is 6.18 Å². The van der Waals surface area contributed by atoms with Crippen LogP contribution in [0.4, 0.5) is 30.7 Å². The van der Waals surface area contributed by atoms with E-state index in [4.69, 9.17) is 0 Å². The molecule has 0 N–H and O–H groups in total. The molecule has 0 atom stereocenters. The van der Waals surface area contributed by atoms with Crippen LogP contribution in [0.2, 0.25) is 0 Å². The highest BCUT2D eigenvalue weighted by Crippen LogP contribution is 2.40. The van der Waals surface area contributed by atoms with Gasteiger partial charge in [-0.15, -0.1) is 0 Å². The molecule has 2 aromatic carbocycles. The van der Waals surface area contributed by atoms with Gasteiger partial charge in [0, 0.05) is 11.6 Å². The van der Waals surface area contributed by atoms with Crippen molar-refractivity contribution >= 4 is 6.08 Å². The van der Waals surface area contributed by atoms with Crippen molar-refractivity contribution in [1.82, 2.24) is 0 Å². The maximum absolute atomic E-state index is 14.9. The highest BCUT2D eigenvalue weighted by Gasteiger charge is 2.26. The summed E-state index contributed by atoms with van der Waals surface area (Å²) in [5.74, 6) is -3.92. The zero-order valence-corrected chi connectivity index (χ0v) is 18.4. The number of hydrogen-bond donors (Lipinski definition) is 0. The fraction of sp³-hybridized carbons (Fsp3) is 0.462. The van der Waals surface area contributed by atoms with Crippen molar-refractivity contribution in [2.45, 2.75) is 70.4 Å². The summed E-state index contributed by atoms with van der Waals surface area (Å²) < 4.78 is 95.1. The van der Waals surface area contributed by atoms with E-state index in [9.17, 15) is 30.7 Å². The lowest BCUT2D eigenvalue weighted by Gasteiger charge is -2.29. The largest absolute Gasteiger partial charge is 0.409 e. The van der Waals surface area contributed by atoms with E-state index in [0.29, 0.717) is 23.6 Å². The van der Waals surface area contributed by atoms with Crippen LogP contribution in [0.5, 0.6) is 0 Å². The Balaban J connectivity index is 1.79. The first kappa shape index (κ1) is 25.3. The number of halogens is 7. The van der Waals surface area contributed by atoms with Gasteiger partial charge in [-0.3, -0.25) is 0 Å². The second kappa shape index (κ2) is 10.7. The van der Waals surface area contributed by atoms with E-state index in [1.165, 1.54) is 37.8 Å². The van der Waals surface area contributed by atoms with Crippen molar-refractivity contribution < 1.29 is 30.7 Å². The van der Waals surface area contributed by atoms with E-state index in [0.717, 1.165) is 25.7 Å². The van der Waals surface area contributed by atoms with Gasteiger partial charge in [0.2, 0.25) is 0 Å². The molecule has 0 radical (unpaired) electrons. The maximum atomic E-state index is 14.9. The van der Waals surface area contributed by atoms with Crippen LogP contribution in [0.25, 0.3) is 17.2 Å². The van der Waals surface area contributed by atoms with Gasteiger partial charge in [-0.25, -0.2) is 17.6 Å². The quantitative estimate of drug-likeness (QED) is 0.278. The zero-order valence-electron chi connectivity index (χ0n) is 18.4. The molecule has 0 saturated heterocycles. The average molecular weight is 472 g/mol. The van der Waals surface area contributed by atoms with Gasteiger partial charge in [0.15, 0.2) is 0 Å². The van der Waals surface area contributed by atoms with Crippen LogP contribution >= 0.6 is 0 Å². The Kier molecular flexibility index (Phi) is 8.24. The number of benzene rings is 2. The highest BCUT2D eigenvalue weighted by molar-refractivity contribution is 5.68. The molecule has 33 heavy (non-hydrogen) atoms. The van der Waals surface area contributed by atoms with Crippen LogP contribution in [0, 0.1) is 29.2 Å². The Morgan fingerprint density at radius 3 is 1.91 bits per heavy atom. The molecule has 1 fully saturated rings. The molecule has 0 heterocycles. The summed E-state index contributed by atoms with van der Waals surface area (Å²) in [4.78, 5) is 0. The first-order chi connectivity index (χ1) is 15.6. The summed E-state index contributed by atoms with van der Waals surface area (Å²) in [5.41, 5.74) is -1.41. The zero-order chi connectivity index (χ0) is 24.2. The minimum Gasteiger partial charge on any atom is -0.206 e. The molecule has 0 aliphatic heterocycles. The van der Waals surface area contributed by atoms with Crippen molar-refractivity contribution in [3.63, 3.8) is 0 Å². The van der Waals surface area contributed by atoms with Crippen molar-refractivity contribution in [1.29, 1.82) is 0 Å². The van der Waals surface area contributed by atoms with Crippen LogP contribution in [0.3, 0.4) is 0 Å². The molecule has 0 amide bonds. The summed E-state index contributed by atoms with van der Waals surface area (Å²) in [5, 5.41) is 0. The van der Waals surface area contributed by atoms with Crippen LogP contribution < -0.4 is 0 Å². The maximum Gasteiger partial charge on any atom is 0.409 e. The molecule has 1 aliphatic rings. The number of unbranched alkanes of at least 4 members (excludes halogenated alkanes) is 2. The van der Waals surface area contributed by atoms with E-state index in [2.05, 4.69) is 6.92 Å². The summed E-state index contributed by atoms with van der Waals surface area (Å²) in [6, 6.07) is 3.69. The lowest BCUT2D eigenvalue weighted by molar-refractivity contribution is -0.0790. The summed E-state index contributed by atoms with van der Waals surface area (Å²) in [6.45, 7) is 2.16. The fourth-order valence-corrected chi connectivity index (χ4v) is 4.64. The molecule has 1 saturated carbocycles. The molecule has 1 aliphatic carbocycles. The standard InChI is InChI=1S/C26H27F7/c1-2-3-4-5-16-6-8-17(9-7-16)18-12-23(29)25(24(30)13-18)19-14-21(27)20(22(28)15-19)10-11-26(31,32)33/h10-17H,2-9H2,1H3. The van der Waals surface area contributed by atoms with Gasteiger partial charge < -0.3 is 0 Å². The lowest BCUT2D eigenvalue weighted by atomic mass is 9.76. The van der Waals surface area contributed by atoms with Gasteiger partial charge in [0.05, 0.1) is 5.56 Å². The molecule has 180 valence electrons. The normalized spacial score (nSPS) is 19.4. The number of alkyl halides is 3. The van der Waals surface area contributed by atoms with Crippen LogP contribution in [0.1, 0.15) is 75.3 Å². The average Bonchev–Trinajstić information content (AvgIpc) is 2.72. The smallest absolute Gasteiger partial charge is 0.206 e. The van der Waals surface area contributed by atoms with Crippen molar-refractivity contribution in [2.24, 2.45) is 5.92 Å². The van der Waals surface area contributed by atoms with E-state index in [1.807, 2.05) is 0 Å². The predicted octanol–water partition coefficient (Wildman–Crippen LogP) is 9.34. The Morgan fingerprint density at radius 2 is 1.39 bits per heavy atom. The topological polar surface area (TPSA) is 0 Å². The van der Waals surface area contributed by atoms with Crippen molar-refractivity contribution in [3.8, 4) is 11.1 Å². The van der Waals surface area contributed by atoms with Gasteiger partial charge in [-0.1, -0.05) is 32.6 Å². The molecular weight excluding hydrogens is 445 g/mol. The molecule has 7 heteroatoms. The molecular formula is C26H27F7. The summed E-state index contributed by atoms with van der Waals surface area (Å²) >= 11 is 0. The van der Waals surface area contributed by atoms with Gasteiger partial charge in [-0.05, 0) is 79.0 Å². The minimum atomic E-state index is -4.75. The molecule has 0 unspecified atom stereocenters. The Labute approximate surface area is 189 Å². The highest BCUT2D eigenvalue weighted by atomic mass is 19.4. The molecule has 0 nitrogen and oxygen atoms in total. The first-order valence-corrected chi connectivity index (χ1v) is 11.3. The molecule has 3 rings (SSSR count). The van der Waals surface area contributed by atoms with Crippen LogP contribution in [0.15, 0.2) is 30.3 Å². The molecule has 0 aromatic heterocycles. The Morgan fingerprint density at radius 1 is 0.818 bits per heavy atom. The van der Waals surface area contributed by atoms with Crippen LogP contribution in [-0.2, 0) is 0 Å². The minimum absolute atomic E-state index is 0.0221. The van der Waals surface area contributed by atoms with Crippen molar-refractivity contribution in [3.05, 3.63) is 64.7 Å². The Bertz CT molecular complexity index is 937. The SMILES string of the molecule is CCCCCC1CCC(c2cc(F)c(-c3cc(F)c(C=CC(F)(F)F)c(F)c3)c(F)c2)CC1. The third kappa shape index (κ3) is 6.61. The van der Waals surface area contributed by atoms with E-state index in [1.54, 1.807) is 0 Å². The summed E-state index contributed by atoms with van der Waals surface area (Å²) in [6.07, 6.45) is 3.61.